The van der Waals surface area contributed by atoms with E-state index in [4.69, 9.17) is 4.42 Å². The maximum atomic E-state index is 5.24. The summed E-state index contributed by atoms with van der Waals surface area (Å²) in [7, 11) is 0. The van der Waals surface area contributed by atoms with Crippen LogP contribution in [-0.4, -0.2) is 4.98 Å². The molecule has 0 fully saturated rings. The van der Waals surface area contributed by atoms with Gasteiger partial charge in [-0.15, -0.1) is 0 Å². The molecule has 0 radical (unpaired) electrons. The fourth-order valence-electron chi connectivity index (χ4n) is 0.882. The first kappa shape index (κ1) is 16.1. The molecule has 0 atom stereocenters. The molecule has 0 aliphatic carbocycles. The van der Waals surface area contributed by atoms with Gasteiger partial charge in [-0.25, -0.2) is 4.98 Å². The van der Waals surface area contributed by atoms with Gasteiger partial charge in [-0.2, -0.15) is 0 Å². The molecule has 0 aromatic carbocycles. The molecular formula is C13H23NO. The Morgan fingerprint density at radius 2 is 1.73 bits per heavy atom. The quantitative estimate of drug-likeness (QED) is 0.705. The molecule has 0 aliphatic rings. The zero-order valence-electron chi connectivity index (χ0n) is 10.8. The molecule has 1 heterocycles. The monoisotopic (exact) mass is 209 g/mol. The second-order valence-electron chi connectivity index (χ2n) is 2.19. The van der Waals surface area contributed by atoms with Crippen LogP contribution in [0.5, 0.6) is 0 Å². The molecule has 1 rings (SSSR count). The summed E-state index contributed by atoms with van der Waals surface area (Å²) < 4.78 is 5.24. The van der Waals surface area contributed by atoms with E-state index in [-0.39, 0.29) is 0 Å². The van der Waals surface area contributed by atoms with E-state index in [0.717, 1.165) is 11.5 Å². The lowest BCUT2D eigenvalue weighted by molar-refractivity contribution is 0.513. The third kappa shape index (κ3) is 5.89. The number of rotatable bonds is 2. The first-order chi connectivity index (χ1) is 7.27. The van der Waals surface area contributed by atoms with Crippen molar-refractivity contribution in [3.05, 3.63) is 30.0 Å². The third-order valence-electron chi connectivity index (χ3n) is 1.30. The molecule has 1 aromatic heterocycles. The molecule has 0 aliphatic heterocycles. The van der Waals surface area contributed by atoms with Crippen LogP contribution in [0.1, 0.15) is 52.0 Å². The summed E-state index contributed by atoms with van der Waals surface area (Å²) in [5.41, 5.74) is 0.847. The minimum absolute atomic E-state index is 0.674. The van der Waals surface area contributed by atoms with E-state index in [1.807, 2.05) is 53.7 Å². The molecular weight excluding hydrogens is 186 g/mol. The van der Waals surface area contributed by atoms with Crippen LogP contribution in [0, 0.1) is 6.92 Å². The average molecular weight is 209 g/mol. The van der Waals surface area contributed by atoms with E-state index in [0.29, 0.717) is 5.89 Å². The van der Waals surface area contributed by atoms with Crippen molar-refractivity contribution in [2.24, 2.45) is 0 Å². The highest BCUT2D eigenvalue weighted by Gasteiger charge is 2.02. The van der Waals surface area contributed by atoms with Crippen LogP contribution >= 0.6 is 0 Å². The van der Waals surface area contributed by atoms with Gasteiger partial charge in [-0.05, 0) is 19.1 Å². The van der Waals surface area contributed by atoms with Crippen LogP contribution in [0.4, 0.5) is 0 Å². The summed E-state index contributed by atoms with van der Waals surface area (Å²) in [4.78, 5) is 4.15. The van der Waals surface area contributed by atoms with Gasteiger partial charge in [0.1, 0.15) is 5.69 Å². The summed E-state index contributed by atoms with van der Waals surface area (Å²) in [6.07, 6.45) is 5.48. The van der Waals surface area contributed by atoms with Crippen molar-refractivity contribution in [1.82, 2.24) is 4.98 Å². The van der Waals surface area contributed by atoms with E-state index in [1.165, 1.54) is 0 Å². The standard InChI is InChI=1S/C9H11NO.2C2H6/c1-4-6-8-9(5-2)11-7(3)10-8;2*1-2/h4-6H,2H2,1,3H3;2*1-2H3/b6-4-;;. The Morgan fingerprint density at radius 3 is 2.13 bits per heavy atom. The zero-order chi connectivity index (χ0) is 12.3. The molecule has 0 unspecified atom stereocenters. The molecule has 0 amide bonds. The highest BCUT2D eigenvalue weighted by atomic mass is 16.4. The minimum Gasteiger partial charge on any atom is -0.441 e. The van der Waals surface area contributed by atoms with Crippen LogP contribution in [0.25, 0.3) is 12.2 Å². The first-order valence-electron chi connectivity index (χ1n) is 5.50. The predicted molar refractivity (Wildman–Crippen MR) is 68.7 cm³/mol. The number of nitrogens with zero attached hydrogens (tertiary/aromatic N) is 1. The summed E-state index contributed by atoms with van der Waals surface area (Å²) in [6, 6.07) is 0. The Hall–Kier alpha value is -1.31. The Morgan fingerprint density at radius 1 is 1.20 bits per heavy atom. The fraction of sp³-hybridized carbons (Fsp3) is 0.462. The van der Waals surface area contributed by atoms with Gasteiger partial charge in [-0.3, -0.25) is 0 Å². The summed E-state index contributed by atoms with van der Waals surface area (Å²) in [5.74, 6) is 1.41. The highest BCUT2D eigenvalue weighted by molar-refractivity contribution is 5.56. The van der Waals surface area contributed by atoms with E-state index in [1.54, 1.807) is 6.08 Å². The summed E-state index contributed by atoms with van der Waals surface area (Å²) >= 11 is 0. The number of hydrogen-bond donors (Lipinski definition) is 0. The number of allylic oxidation sites excluding steroid dienone is 1. The Kier molecular flexibility index (Phi) is 11.6. The molecule has 0 bridgehead atoms. The van der Waals surface area contributed by atoms with Crippen LogP contribution in [0.15, 0.2) is 17.1 Å². The molecule has 1 aromatic rings. The lowest BCUT2D eigenvalue weighted by Crippen LogP contribution is -1.73. The Bertz CT molecular complexity index is 285. The first-order valence-corrected chi connectivity index (χ1v) is 5.50. The molecule has 2 heteroatoms. The maximum Gasteiger partial charge on any atom is 0.192 e. The molecule has 0 spiro atoms. The highest BCUT2D eigenvalue weighted by Crippen LogP contribution is 2.12. The van der Waals surface area contributed by atoms with Crippen molar-refractivity contribution in [2.45, 2.75) is 41.5 Å². The summed E-state index contributed by atoms with van der Waals surface area (Å²) in [6.45, 7) is 15.4. The van der Waals surface area contributed by atoms with Gasteiger partial charge in [0.2, 0.25) is 0 Å². The van der Waals surface area contributed by atoms with Crippen molar-refractivity contribution in [3.63, 3.8) is 0 Å². The van der Waals surface area contributed by atoms with Crippen molar-refractivity contribution < 1.29 is 4.42 Å². The molecule has 15 heavy (non-hydrogen) atoms. The zero-order valence-corrected chi connectivity index (χ0v) is 10.8. The van der Waals surface area contributed by atoms with Gasteiger partial charge in [0.15, 0.2) is 11.7 Å². The lowest BCUT2D eigenvalue weighted by atomic mass is 10.3. The third-order valence-corrected chi connectivity index (χ3v) is 1.30. The van der Waals surface area contributed by atoms with Gasteiger partial charge in [0.25, 0.3) is 0 Å². The number of aryl methyl sites for hydroxylation is 1. The van der Waals surface area contributed by atoms with Crippen molar-refractivity contribution in [2.75, 3.05) is 0 Å². The van der Waals surface area contributed by atoms with Gasteiger partial charge in [-0.1, -0.05) is 40.3 Å². The number of hydrogen-bond acceptors (Lipinski definition) is 2. The lowest BCUT2D eigenvalue weighted by Gasteiger charge is -1.83. The Labute approximate surface area is 93.7 Å². The largest absolute Gasteiger partial charge is 0.441 e. The second kappa shape index (κ2) is 10.8. The second-order valence-corrected chi connectivity index (χ2v) is 2.19. The molecule has 0 saturated heterocycles. The van der Waals surface area contributed by atoms with Crippen molar-refractivity contribution in [3.8, 4) is 0 Å². The molecule has 2 nitrogen and oxygen atoms in total. The van der Waals surface area contributed by atoms with E-state index in [9.17, 15) is 0 Å². The van der Waals surface area contributed by atoms with E-state index < -0.39 is 0 Å². The average Bonchev–Trinajstić information content (AvgIpc) is 2.65. The smallest absolute Gasteiger partial charge is 0.192 e. The number of aromatic nitrogens is 1. The number of oxazole rings is 1. The van der Waals surface area contributed by atoms with Crippen molar-refractivity contribution in [1.29, 1.82) is 0 Å². The maximum absolute atomic E-state index is 5.24. The van der Waals surface area contributed by atoms with Gasteiger partial charge in [0, 0.05) is 6.92 Å². The predicted octanol–water partition coefficient (Wildman–Crippen LogP) is 4.71. The minimum atomic E-state index is 0.674. The Balaban J connectivity index is 0. The normalized spacial score (nSPS) is 8.67. The van der Waals surface area contributed by atoms with Crippen LogP contribution in [-0.2, 0) is 0 Å². The molecule has 86 valence electrons. The van der Waals surface area contributed by atoms with Gasteiger partial charge >= 0.3 is 0 Å². The summed E-state index contributed by atoms with van der Waals surface area (Å²) in [5, 5.41) is 0. The van der Waals surface area contributed by atoms with Gasteiger partial charge in [0.05, 0.1) is 0 Å². The van der Waals surface area contributed by atoms with Gasteiger partial charge < -0.3 is 4.42 Å². The van der Waals surface area contributed by atoms with E-state index >= 15 is 0 Å². The van der Waals surface area contributed by atoms with Crippen LogP contribution < -0.4 is 0 Å². The van der Waals surface area contributed by atoms with E-state index in [2.05, 4.69) is 11.6 Å². The van der Waals surface area contributed by atoms with Crippen LogP contribution in [0.2, 0.25) is 0 Å². The fourth-order valence-corrected chi connectivity index (χ4v) is 0.882. The van der Waals surface area contributed by atoms with Crippen molar-refractivity contribution >= 4 is 12.2 Å². The topological polar surface area (TPSA) is 26.0 Å². The van der Waals surface area contributed by atoms with Crippen LogP contribution in [0.3, 0.4) is 0 Å². The molecule has 0 N–H and O–H groups in total. The SMILES string of the molecule is C=Cc1oc(C)nc1/C=C\C.CC.CC. The molecule has 0 saturated carbocycles.